The van der Waals surface area contributed by atoms with E-state index in [1.807, 2.05) is 0 Å². The van der Waals surface area contributed by atoms with E-state index in [2.05, 4.69) is 27.5 Å². The minimum atomic E-state index is -1.03. The Kier molecular flexibility index (Phi) is 7.66. The van der Waals surface area contributed by atoms with Gasteiger partial charge in [0.05, 0.1) is 6.42 Å². The standard InChI is InChI=1S/C14H23N5O3/c1-2-3-4-5-6-18-14(22)19-10(9-11(15)20)12(21)13-16-7-8-17-13/h7-8,10H,2-6,9H2,1H3,(H2,15,20)(H,16,17)(H2,18,19,22)/t10-/m1/s1. The number of imidazole rings is 1. The van der Waals surface area contributed by atoms with E-state index in [4.69, 9.17) is 5.73 Å². The number of H-pyrrole nitrogens is 1. The molecule has 0 unspecified atom stereocenters. The van der Waals surface area contributed by atoms with Gasteiger partial charge in [-0.2, -0.15) is 0 Å². The molecule has 1 heterocycles. The summed E-state index contributed by atoms with van der Waals surface area (Å²) in [6.07, 6.45) is 6.77. The molecule has 22 heavy (non-hydrogen) atoms. The Hall–Kier alpha value is -2.38. The van der Waals surface area contributed by atoms with Crippen LogP contribution in [0.3, 0.4) is 0 Å². The van der Waals surface area contributed by atoms with Gasteiger partial charge in [-0.05, 0) is 6.42 Å². The maximum absolute atomic E-state index is 12.1. The lowest BCUT2D eigenvalue weighted by atomic mass is 10.1. The van der Waals surface area contributed by atoms with Crippen molar-refractivity contribution >= 4 is 17.7 Å². The normalized spacial score (nSPS) is 11.7. The molecule has 0 aliphatic rings. The molecule has 5 N–H and O–H groups in total. The van der Waals surface area contributed by atoms with Crippen molar-refractivity contribution in [1.82, 2.24) is 20.6 Å². The first kappa shape index (κ1) is 17.7. The van der Waals surface area contributed by atoms with Gasteiger partial charge in [0.25, 0.3) is 0 Å². The fourth-order valence-corrected chi connectivity index (χ4v) is 1.94. The molecular weight excluding hydrogens is 286 g/mol. The number of carbonyl (C=O) groups is 3. The summed E-state index contributed by atoms with van der Waals surface area (Å²) in [6, 6.07) is -1.53. The largest absolute Gasteiger partial charge is 0.370 e. The van der Waals surface area contributed by atoms with Crippen molar-refractivity contribution in [2.75, 3.05) is 6.54 Å². The van der Waals surface area contributed by atoms with Crippen molar-refractivity contribution in [3.05, 3.63) is 18.2 Å². The molecule has 1 aromatic rings. The number of hydrogen-bond donors (Lipinski definition) is 4. The number of nitrogens with zero attached hydrogens (tertiary/aromatic N) is 1. The number of primary amides is 1. The average molecular weight is 309 g/mol. The van der Waals surface area contributed by atoms with E-state index in [1.54, 1.807) is 0 Å². The van der Waals surface area contributed by atoms with E-state index in [9.17, 15) is 14.4 Å². The van der Waals surface area contributed by atoms with E-state index in [0.29, 0.717) is 6.54 Å². The number of nitrogens with one attached hydrogen (secondary N) is 3. The van der Waals surface area contributed by atoms with E-state index in [1.165, 1.54) is 12.4 Å². The van der Waals surface area contributed by atoms with Crippen molar-refractivity contribution < 1.29 is 14.4 Å². The molecule has 122 valence electrons. The summed E-state index contributed by atoms with van der Waals surface area (Å²) in [5, 5.41) is 5.13. The Morgan fingerprint density at radius 3 is 2.68 bits per heavy atom. The predicted molar refractivity (Wildman–Crippen MR) is 81.2 cm³/mol. The zero-order chi connectivity index (χ0) is 16.4. The molecule has 1 atom stereocenters. The summed E-state index contributed by atoms with van der Waals surface area (Å²) >= 11 is 0. The summed E-state index contributed by atoms with van der Waals surface area (Å²) in [6.45, 7) is 2.62. The van der Waals surface area contributed by atoms with Crippen LogP contribution in [0.25, 0.3) is 0 Å². The van der Waals surface area contributed by atoms with Crippen LogP contribution in [0.5, 0.6) is 0 Å². The second-order valence-corrected chi connectivity index (χ2v) is 4.99. The molecule has 8 heteroatoms. The fourth-order valence-electron chi connectivity index (χ4n) is 1.94. The molecule has 1 aromatic heterocycles. The number of rotatable bonds is 10. The molecule has 1 rings (SSSR count). The van der Waals surface area contributed by atoms with Crippen LogP contribution >= 0.6 is 0 Å². The van der Waals surface area contributed by atoms with Crippen molar-refractivity contribution in [2.45, 2.75) is 45.1 Å². The van der Waals surface area contributed by atoms with Crippen LogP contribution in [0.2, 0.25) is 0 Å². The summed E-state index contributed by atoms with van der Waals surface area (Å²) in [5.41, 5.74) is 5.12. The van der Waals surface area contributed by atoms with Crippen LogP contribution in [0, 0.1) is 0 Å². The predicted octanol–water partition coefficient (Wildman–Crippen LogP) is 0.716. The van der Waals surface area contributed by atoms with Crippen LogP contribution in [0.1, 0.15) is 49.6 Å². The van der Waals surface area contributed by atoms with Gasteiger partial charge in [0.2, 0.25) is 11.7 Å². The summed E-state index contributed by atoms with van der Waals surface area (Å²) in [7, 11) is 0. The second kappa shape index (κ2) is 9.54. The third kappa shape index (κ3) is 6.38. The van der Waals surface area contributed by atoms with E-state index < -0.39 is 23.8 Å². The van der Waals surface area contributed by atoms with Crippen LogP contribution < -0.4 is 16.4 Å². The Morgan fingerprint density at radius 2 is 2.09 bits per heavy atom. The second-order valence-electron chi connectivity index (χ2n) is 4.99. The van der Waals surface area contributed by atoms with Crippen LogP contribution in [0.15, 0.2) is 12.4 Å². The van der Waals surface area contributed by atoms with Crippen LogP contribution in [-0.4, -0.2) is 40.3 Å². The third-order valence-electron chi connectivity index (χ3n) is 3.07. The number of carbonyl (C=O) groups excluding carboxylic acids is 3. The SMILES string of the molecule is CCCCCCNC(=O)N[C@H](CC(N)=O)C(=O)c1ncc[nH]1. The third-order valence-corrected chi connectivity index (χ3v) is 3.07. The van der Waals surface area contributed by atoms with Crippen molar-refractivity contribution in [1.29, 1.82) is 0 Å². The quantitative estimate of drug-likeness (QED) is 0.374. The van der Waals surface area contributed by atoms with Gasteiger partial charge in [-0.25, -0.2) is 9.78 Å². The monoisotopic (exact) mass is 309 g/mol. The van der Waals surface area contributed by atoms with Crippen LogP contribution in [0.4, 0.5) is 4.79 Å². The number of aromatic amines is 1. The highest BCUT2D eigenvalue weighted by Crippen LogP contribution is 2.02. The number of urea groups is 1. The Morgan fingerprint density at radius 1 is 1.32 bits per heavy atom. The molecule has 0 radical (unpaired) electrons. The Balaban J connectivity index is 2.49. The van der Waals surface area contributed by atoms with Crippen molar-refractivity contribution in [3.8, 4) is 0 Å². The molecule has 8 nitrogen and oxygen atoms in total. The summed E-state index contributed by atoms with van der Waals surface area (Å²) in [4.78, 5) is 41.5. The number of Topliss-reactive ketones (excluding diaryl/α,β-unsaturated/α-hetero) is 1. The maximum atomic E-state index is 12.1. The van der Waals surface area contributed by atoms with Gasteiger partial charge < -0.3 is 21.4 Å². The van der Waals surface area contributed by atoms with E-state index in [-0.39, 0.29) is 12.2 Å². The molecule has 0 saturated carbocycles. The van der Waals surface area contributed by atoms with E-state index in [0.717, 1.165) is 25.7 Å². The lowest BCUT2D eigenvalue weighted by molar-refractivity contribution is -0.118. The molecule has 0 fully saturated rings. The first-order chi connectivity index (χ1) is 10.5. The Labute approximate surface area is 129 Å². The number of hydrogen-bond acceptors (Lipinski definition) is 4. The van der Waals surface area contributed by atoms with Gasteiger partial charge >= 0.3 is 6.03 Å². The minimum Gasteiger partial charge on any atom is -0.370 e. The molecule has 0 aliphatic heterocycles. The molecule has 0 saturated heterocycles. The number of aromatic nitrogens is 2. The van der Waals surface area contributed by atoms with Crippen LogP contribution in [-0.2, 0) is 4.79 Å². The fraction of sp³-hybridized carbons (Fsp3) is 0.571. The Bertz CT molecular complexity index is 487. The first-order valence-corrected chi connectivity index (χ1v) is 7.40. The van der Waals surface area contributed by atoms with Gasteiger partial charge in [-0.15, -0.1) is 0 Å². The maximum Gasteiger partial charge on any atom is 0.315 e. The van der Waals surface area contributed by atoms with Gasteiger partial charge in [-0.3, -0.25) is 9.59 Å². The number of ketones is 1. The molecule has 0 bridgehead atoms. The highest BCUT2D eigenvalue weighted by molar-refractivity contribution is 6.01. The van der Waals surface area contributed by atoms with E-state index >= 15 is 0 Å². The molecular formula is C14H23N5O3. The molecule has 0 aromatic carbocycles. The molecule has 0 aliphatic carbocycles. The summed E-state index contributed by atoms with van der Waals surface area (Å²) in [5.74, 6) is -1.08. The highest BCUT2D eigenvalue weighted by Gasteiger charge is 2.25. The van der Waals surface area contributed by atoms with Gasteiger partial charge in [0.15, 0.2) is 5.82 Å². The zero-order valence-corrected chi connectivity index (χ0v) is 12.7. The number of amides is 3. The van der Waals surface area contributed by atoms with Gasteiger partial charge in [-0.1, -0.05) is 26.2 Å². The lowest BCUT2D eigenvalue weighted by Crippen LogP contribution is -2.48. The van der Waals surface area contributed by atoms with Crippen molar-refractivity contribution in [3.63, 3.8) is 0 Å². The first-order valence-electron chi connectivity index (χ1n) is 7.40. The topological polar surface area (TPSA) is 130 Å². The van der Waals surface area contributed by atoms with Gasteiger partial charge in [0, 0.05) is 18.9 Å². The van der Waals surface area contributed by atoms with Gasteiger partial charge in [0.1, 0.15) is 6.04 Å². The smallest absolute Gasteiger partial charge is 0.315 e. The number of nitrogens with two attached hydrogens (primary N) is 1. The summed E-state index contributed by atoms with van der Waals surface area (Å²) < 4.78 is 0. The highest BCUT2D eigenvalue weighted by atomic mass is 16.2. The molecule has 3 amide bonds. The minimum absolute atomic E-state index is 0.0782. The molecule has 0 spiro atoms. The average Bonchev–Trinajstić information content (AvgIpc) is 2.99. The lowest BCUT2D eigenvalue weighted by Gasteiger charge is -2.15. The zero-order valence-electron chi connectivity index (χ0n) is 12.7. The van der Waals surface area contributed by atoms with Crippen molar-refractivity contribution in [2.24, 2.45) is 5.73 Å². The number of unbranched alkanes of at least 4 members (excludes halogenated alkanes) is 3.